The third kappa shape index (κ3) is 2.02. The first-order valence-electron chi connectivity index (χ1n) is 10.0. The Kier molecular flexibility index (Phi) is 3.89. The van der Waals surface area contributed by atoms with Gasteiger partial charge in [0.1, 0.15) is 5.60 Å². The van der Waals surface area contributed by atoms with E-state index < -0.39 is 63.9 Å². The van der Waals surface area contributed by atoms with Gasteiger partial charge < -0.3 is 35.7 Å². The van der Waals surface area contributed by atoms with Gasteiger partial charge in [-0.1, -0.05) is 13.8 Å². The van der Waals surface area contributed by atoms with E-state index in [-0.39, 0.29) is 18.8 Å². The van der Waals surface area contributed by atoms with Gasteiger partial charge >= 0.3 is 0 Å². The van der Waals surface area contributed by atoms with Gasteiger partial charge in [0.25, 0.3) is 0 Å². The van der Waals surface area contributed by atoms with Crippen LogP contribution in [0.5, 0.6) is 0 Å². The summed E-state index contributed by atoms with van der Waals surface area (Å²) >= 11 is 0. The Morgan fingerprint density at radius 2 is 1.41 bits per heavy atom. The molecule has 0 saturated heterocycles. The van der Waals surface area contributed by atoms with Crippen molar-refractivity contribution in [2.24, 2.45) is 28.6 Å². The lowest BCUT2D eigenvalue weighted by Crippen LogP contribution is -2.62. The lowest BCUT2D eigenvalue weighted by molar-refractivity contribution is -0.209. The first-order chi connectivity index (χ1) is 12.2. The van der Waals surface area contributed by atoms with Crippen molar-refractivity contribution in [3.8, 4) is 0 Å². The van der Waals surface area contributed by atoms with Crippen LogP contribution in [0.15, 0.2) is 0 Å². The van der Waals surface area contributed by atoms with E-state index in [2.05, 4.69) is 0 Å². The summed E-state index contributed by atoms with van der Waals surface area (Å²) < 4.78 is 0. The van der Waals surface area contributed by atoms with Crippen molar-refractivity contribution in [2.75, 3.05) is 0 Å². The molecule has 4 saturated carbocycles. The minimum atomic E-state index is -1.94. The Hall–Kier alpha value is -0.280. The first kappa shape index (κ1) is 20.0. The van der Waals surface area contributed by atoms with Gasteiger partial charge in [-0.05, 0) is 45.4 Å². The molecule has 7 nitrogen and oxygen atoms in total. The summed E-state index contributed by atoms with van der Waals surface area (Å²) in [5, 5.41) is 78.0. The molecule has 1 spiro atoms. The van der Waals surface area contributed by atoms with Crippen LogP contribution in [0.25, 0.3) is 0 Å². The Morgan fingerprint density at radius 3 is 2.00 bits per heavy atom. The second-order valence-electron chi connectivity index (χ2n) is 10.9. The van der Waals surface area contributed by atoms with Gasteiger partial charge in [0.15, 0.2) is 0 Å². The third-order valence-corrected chi connectivity index (χ3v) is 9.24. The highest BCUT2D eigenvalue weighted by Gasteiger charge is 2.78. The van der Waals surface area contributed by atoms with Crippen molar-refractivity contribution in [3.63, 3.8) is 0 Å². The molecule has 7 heteroatoms. The number of hydrogen-bond donors (Lipinski definition) is 7. The molecular weight excluding hydrogens is 352 g/mol. The molecule has 0 amide bonds. The van der Waals surface area contributed by atoms with E-state index in [0.717, 1.165) is 0 Å². The van der Waals surface area contributed by atoms with E-state index in [1.165, 1.54) is 6.92 Å². The minimum absolute atomic E-state index is 0.00248. The molecule has 0 unspecified atom stereocenters. The topological polar surface area (TPSA) is 142 Å². The van der Waals surface area contributed by atoms with Crippen LogP contribution < -0.4 is 0 Å². The lowest BCUT2D eigenvalue weighted by atomic mass is 9.57. The monoisotopic (exact) mass is 386 g/mol. The molecule has 4 fully saturated rings. The molecule has 156 valence electrons. The highest BCUT2D eigenvalue weighted by Crippen LogP contribution is 2.69. The van der Waals surface area contributed by atoms with E-state index >= 15 is 0 Å². The highest BCUT2D eigenvalue weighted by molar-refractivity contribution is 5.27. The molecule has 4 aliphatic carbocycles. The Balaban J connectivity index is 1.92. The van der Waals surface area contributed by atoms with Crippen LogP contribution in [0.2, 0.25) is 0 Å². The van der Waals surface area contributed by atoms with Crippen molar-refractivity contribution in [1.82, 2.24) is 0 Å². The summed E-state index contributed by atoms with van der Waals surface area (Å²) in [7, 11) is 0. The summed E-state index contributed by atoms with van der Waals surface area (Å²) in [5.74, 6) is -2.06. The maximum Gasteiger partial charge on any atom is 0.106 e. The van der Waals surface area contributed by atoms with Crippen molar-refractivity contribution in [3.05, 3.63) is 0 Å². The van der Waals surface area contributed by atoms with E-state index in [4.69, 9.17) is 0 Å². The van der Waals surface area contributed by atoms with Crippen LogP contribution in [0.1, 0.15) is 53.4 Å². The molecule has 2 bridgehead atoms. The number of rotatable bonds is 0. The van der Waals surface area contributed by atoms with Crippen LogP contribution >= 0.6 is 0 Å². The number of aliphatic hydroxyl groups excluding tert-OH is 4. The van der Waals surface area contributed by atoms with Crippen LogP contribution in [-0.2, 0) is 0 Å². The standard InChI is InChI=1S/C20H34O7/c1-16(2)15(24)12(22)13-18(4,26)10-6-5-9-14(23)19(10,8-17(9,3)25)7-11(21)20(13,16)27/h9-15,21-27H,5-8H2,1-4H3/t9-,10-,11-,12-,13-,14+,15+,17+,18-,19+,20+/m0/s1. The average molecular weight is 386 g/mol. The zero-order chi connectivity index (χ0) is 20.4. The summed E-state index contributed by atoms with van der Waals surface area (Å²) in [6, 6.07) is 0. The predicted molar refractivity (Wildman–Crippen MR) is 95.4 cm³/mol. The van der Waals surface area contributed by atoms with Crippen LogP contribution in [-0.4, -0.2) is 77.0 Å². The van der Waals surface area contributed by atoms with Gasteiger partial charge in [-0.25, -0.2) is 0 Å². The van der Waals surface area contributed by atoms with Gasteiger partial charge in [0.05, 0.1) is 35.6 Å². The maximum absolute atomic E-state index is 11.7. The van der Waals surface area contributed by atoms with Crippen molar-refractivity contribution in [2.45, 2.75) is 94.6 Å². The third-order valence-electron chi connectivity index (χ3n) is 9.24. The lowest BCUT2D eigenvalue weighted by Gasteiger charge is -2.51. The maximum atomic E-state index is 11.7. The number of hydrogen-bond acceptors (Lipinski definition) is 7. The number of aliphatic hydroxyl groups is 7. The second-order valence-corrected chi connectivity index (χ2v) is 10.9. The fourth-order valence-electron chi connectivity index (χ4n) is 7.95. The van der Waals surface area contributed by atoms with Crippen molar-refractivity contribution in [1.29, 1.82) is 0 Å². The summed E-state index contributed by atoms with van der Waals surface area (Å²) in [6.45, 7) is 6.38. The fourth-order valence-corrected chi connectivity index (χ4v) is 7.95. The normalized spacial score (nSPS) is 64.8. The molecule has 4 rings (SSSR count). The molecule has 11 atom stereocenters. The van der Waals surface area contributed by atoms with Gasteiger partial charge in [-0.3, -0.25) is 0 Å². The molecule has 4 aliphatic rings. The molecule has 0 heterocycles. The second kappa shape index (κ2) is 5.25. The van der Waals surface area contributed by atoms with E-state index in [0.29, 0.717) is 12.8 Å². The molecule has 0 aromatic rings. The van der Waals surface area contributed by atoms with Gasteiger partial charge in [-0.15, -0.1) is 0 Å². The molecule has 0 radical (unpaired) electrons. The van der Waals surface area contributed by atoms with Crippen LogP contribution in [0, 0.1) is 28.6 Å². The van der Waals surface area contributed by atoms with E-state index in [1.807, 2.05) is 0 Å². The Morgan fingerprint density at radius 1 is 0.815 bits per heavy atom. The fraction of sp³-hybridized carbons (Fsp3) is 1.00. The molecule has 27 heavy (non-hydrogen) atoms. The quantitative estimate of drug-likeness (QED) is 0.287. The molecule has 0 aromatic heterocycles. The zero-order valence-electron chi connectivity index (χ0n) is 16.5. The summed E-state index contributed by atoms with van der Waals surface area (Å²) in [5.41, 5.74) is -6.94. The van der Waals surface area contributed by atoms with Crippen LogP contribution in [0.3, 0.4) is 0 Å². The Labute approximate surface area is 159 Å². The summed E-state index contributed by atoms with van der Waals surface area (Å²) in [6.07, 6.45) is -3.78. The smallest absolute Gasteiger partial charge is 0.106 e. The van der Waals surface area contributed by atoms with E-state index in [1.54, 1.807) is 20.8 Å². The highest BCUT2D eigenvalue weighted by atomic mass is 16.4. The first-order valence-corrected chi connectivity index (χ1v) is 10.0. The largest absolute Gasteiger partial charge is 0.392 e. The van der Waals surface area contributed by atoms with Crippen LogP contribution in [0.4, 0.5) is 0 Å². The molecule has 0 aliphatic heterocycles. The molecule has 0 aromatic carbocycles. The van der Waals surface area contributed by atoms with Gasteiger partial charge in [-0.2, -0.15) is 0 Å². The minimum Gasteiger partial charge on any atom is -0.392 e. The SMILES string of the molecule is CC1(C)[C@H](O)[C@@H](O)[C@H]2[C@@](C)(O)[C@@H]3CC[C@H]4[C@@H](O)[C@]3(C[C@H](O)[C@@]21O)C[C@@]4(C)O. The van der Waals surface area contributed by atoms with Crippen molar-refractivity contribution < 1.29 is 35.7 Å². The zero-order valence-corrected chi connectivity index (χ0v) is 16.5. The van der Waals surface area contributed by atoms with E-state index in [9.17, 15) is 35.7 Å². The van der Waals surface area contributed by atoms with Crippen molar-refractivity contribution >= 4 is 0 Å². The number of fused-ring (bicyclic) bond motifs is 2. The molecular formula is C20H34O7. The van der Waals surface area contributed by atoms with Gasteiger partial charge in [0, 0.05) is 22.7 Å². The molecule has 7 N–H and O–H groups in total. The summed E-state index contributed by atoms with van der Waals surface area (Å²) in [4.78, 5) is 0. The average Bonchev–Trinajstić information content (AvgIpc) is 2.71. The Bertz CT molecular complexity index is 646. The predicted octanol–water partition coefficient (Wildman–Crippen LogP) is -0.861. The van der Waals surface area contributed by atoms with Gasteiger partial charge in [0.2, 0.25) is 0 Å².